The summed E-state index contributed by atoms with van der Waals surface area (Å²) in [5, 5.41) is 29.8. The van der Waals surface area contributed by atoms with Crippen molar-refractivity contribution in [1.29, 1.82) is 0 Å². The molecule has 13 heteroatoms. The van der Waals surface area contributed by atoms with Crippen LogP contribution in [0.25, 0.3) is 10.9 Å². The molecule has 41 heavy (non-hydrogen) atoms. The number of β-amino-alcohol motifs (C(OH)–C–C–N with tert-alkyl or cyclic N) is 1. The molecule has 1 amide bonds. The average molecular weight is 572 g/mol. The highest BCUT2D eigenvalue weighted by Crippen LogP contribution is 2.39. The lowest BCUT2D eigenvalue weighted by atomic mass is 10.1. The van der Waals surface area contributed by atoms with Crippen LogP contribution < -0.4 is 20.0 Å². The largest absolute Gasteiger partial charge is 0.487 e. The fraction of sp³-hybridized carbons (Fsp3) is 0.393. The Hall–Kier alpha value is -4.23. The fourth-order valence-corrected chi connectivity index (χ4v) is 5.40. The van der Waals surface area contributed by atoms with Gasteiger partial charge in [-0.15, -0.1) is 0 Å². The Morgan fingerprint density at radius 3 is 2.59 bits per heavy atom. The van der Waals surface area contributed by atoms with Crippen LogP contribution in [0.2, 0.25) is 0 Å². The van der Waals surface area contributed by atoms with E-state index in [1.54, 1.807) is 9.47 Å². The molecular weight excluding hydrogens is 544 g/mol. The van der Waals surface area contributed by atoms with Crippen molar-refractivity contribution in [2.75, 3.05) is 42.6 Å². The number of halogens is 2. The normalized spacial score (nSPS) is 22.4. The van der Waals surface area contributed by atoms with Gasteiger partial charge < -0.3 is 34.3 Å². The first-order valence-corrected chi connectivity index (χ1v) is 13.2. The number of pyridine rings is 1. The minimum Gasteiger partial charge on any atom is -0.487 e. The number of rotatable bonds is 8. The summed E-state index contributed by atoms with van der Waals surface area (Å²) in [7, 11) is 0. The summed E-state index contributed by atoms with van der Waals surface area (Å²) in [5.41, 5.74) is -1.82. The molecule has 3 fully saturated rings. The van der Waals surface area contributed by atoms with Gasteiger partial charge in [0.25, 0.3) is 0 Å². The maximum Gasteiger partial charge on any atom is 0.414 e. The van der Waals surface area contributed by atoms with Gasteiger partial charge in [-0.25, -0.2) is 18.4 Å². The minimum absolute atomic E-state index is 0.0203. The van der Waals surface area contributed by atoms with Crippen molar-refractivity contribution in [2.24, 2.45) is 0 Å². The number of aliphatic hydroxyl groups excluding tert-OH is 1. The second-order valence-electron chi connectivity index (χ2n) is 10.7. The third-order valence-electron chi connectivity index (χ3n) is 7.75. The number of hydrogen-bond donors (Lipinski definition) is 3. The number of anilines is 2. The first kappa shape index (κ1) is 27.0. The molecule has 6 rings (SSSR count). The number of hydrogen-bond acceptors (Lipinski definition) is 8. The number of fused-ring (bicyclic) bond motifs is 1. The van der Waals surface area contributed by atoms with Crippen LogP contribution in [-0.4, -0.2) is 76.5 Å². The Kier molecular flexibility index (Phi) is 6.57. The number of nitrogens with zero attached hydrogens (tertiary/aromatic N) is 3. The topological polar surface area (TPSA) is 142 Å². The third kappa shape index (κ3) is 4.95. The molecule has 0 radical (unpaired) electrons. The Bertz CT molecular complexity index is 1620. The number of carbonyl (C=O) groups is 2. The van der Waals surface area contributed by atoms with Crippen LogP contribution in [0.1, 0.15) is 35.7 Å². The van der Waals surface area contributed by atoms with Crippen molar-refractivity contribution in [3.05, 3.63) is 63.9 Å². The second-order valence-corrected chi connectivity index (χ2v) is 10.7. The van der Waals surface area contributed by atoms with E-state index >= 15 is 4.39 Å². The maximum atomic E-state index is 15.3. The van der Waals surface area contributed by atoms with Crippen LogP contribution in [0.5, 0.6) is 5.75 Å². The predicted octanol–water partition coefficient (Wildman–Crippen LogP) is 2.65. The van der Waals surface area contributed by atoms with E-state index in [0.29, 0.717) is 5.52 Å². The number of carboxylic acid groups (broad SMARTS) is 1. The number of aromatic carboxylic acids is 1. The standard InChI is InChI=1S/C28H27F2N3O8/c29-20-8-18-22(32(15-1-2-15)11-19(25(18)35)26(36)37)9-23(20)31-6-5-28(39,13-31)14-40-24-4-3-16(7-21(24)30)33-10-17(12-34)41-27(33)38/h3-4,7-9,11,15,17,34,39H,1-2,5-6,10,12-14H2,(H,36,37)/t17-,28-/m1/s1. The van der Waals surface area contributed by atoms with Crippen LogP contribution in [0, 0.1) is 11.6 Å². The van der Waals surface area contributed by atoms with Gasteiger partial charge in [-0.05, 0) is 43.5 Å². The summed E-state index contributed by atoms with van der Waals surface area (Å²) in [6.45, 7) is -0.336. The molecule has 3 N–H and O–H groups in total. The number of amides is 1. The molecule has 216 valence electrons. The van der Waals surface area contributed by atoms with E-state index < -0.39 is 46.4 Å². The highest BCUT2D eigenvalue weighted by molar-refractivity contribution is 5.93. The predicted molar refractivity (Wildman–Crippen MR) is 142 cm³/mol. The van der Waals surface area contributed by atoms with Gasteiger partial charge in [0.15, 0.2) is 11.6 Å². The van der Waals surface area contributed by atoms with Gasteiger partial charge in [-0.3, -0.25) is 9.69 Å². The van der Waals surface area contributed by atoms with Gasteiger partial charge in [-0.1, -0.05) is 0 Å². The fourth-order valence-electron chi connectivity index (χ4n) is 5.40. The van der Waals surface area contributed by atoms with Crippen molar-refractivity contribution in [1.82, 2.24) is 4.57 Å². The van der Waals surface area contributed by atoms with E-state index in [1.807, 2.05) is 0 Å². The zero-order valence-electron chi connectivity index (χ0n) is 21.8. The zero-order valence-corrected chi connectivity index (χ0v) is 21.8. The summed E-state index contributed by atoms with van der Waals surface area (Å²) in [6.07, 6.45) is 1.73. The quantitative estimate of drug-likeness (QED) is 0.372. The van der Waals surface area contributed by atoms with E-state index in [0.717, 1.165) is 25.0 Å². The van der Waals surface area contributed by atoms with Gasteiger partial charge in [0.05, 0.1) is 36.6 Å². The number of ether oxygens (including phenoxy) is 2. The molecule has 0 bridgehead atoms. The van der Waals surface area contributed by atoms with Crippen LogP contribution in [0.4, 0.5) is 25.0 Å². The molecule has 1 aromatic heterocycles. The molecule has 1 saturated carbocycles. The zero-order chi connectivity index (χ0) is 29.1. The Morgan fingerprint density at radius 2 is 1.93 bits per heavy atom. The number of carbonyl (C=O) groups excluding carboxylic acids is 1. The van der Waals surface area contributed by atoms with Gasteiger partial charge in [0.2, 0.25) is 5.43 Å². The van der Waals surface area contributed by atoms with Crippen LogP contribution in [0.15, 0.2) is 41.3 Å². The molecule has 2 aromatic carbocycles. The minimum atomic E-state index is -1.44. The van der Waals surface area contributed by atoms with Crippen molar-refractivity contribution in [3.63, 3.8) is 0 Å². The van der Waals surface area contributed by atoms with E-state index in [9.17, 15) is 34.1 Å². The molecule has 1 aliphatic carbocycles. The van der Waals surface area contributed by atoms with Crippen molar-refractivity contribution in [3.8, 4) is 5.75 Å². The summed E-state index contributed by atoms with van der Waals surface area (Å²) < 4.78 is 42.3. The molecule has 2 saturated heterocycles. The highest BCUT2D eigenvalue weighted by Gasteiger charge is 2.39. The first-order valence-electron chi connectivity index (χ1n) is 13.2. The van der Waals surface area contributed by atoms with E-state index in [2.05, 4.69) is 0 Å². The lowest BCUT2D eigenvalue weighted by Gasteiger charge is -2.25. The molecule has 2 atom stereocenters. The summed E-state index contributed by atoms with van der Waals surface area (Å²) in [6, 6.07) is 6.46. The van der Waals surface area contributed by atoms with E-state index in [-0.39, 0.29) is 67.8 Å². The Labute approximate surface area is 231 Å². The molecular formula is C28H27F2N3O8. The number of cyclic esters (lactones) is 1. The molecule has 3 aliphatic rings. The molecule has 0 unspecified atom stereocenters. The number of aromatic nitrogens is 1. The SMILES string of the molecule is O=C(O)c1cn(C2CC2)c2cc(N3CC[C@](O)(COc4ccc(N5C[C@H](CO)OC5=O)cc4F)C3)c(F)cc2c1=O. The maximum absolute atomic E-state index is 15.3. The van der Waals surface area contributed by atoms with Gasteiger partial charge in [0, 0.05) is 30.2 Å². The summed E-state index contributed by atoms with van der Waals surface area (Å²) in [5.74, 6) is -3.01. The summed E-state index contributed by atoms with van der Waals surface area (Å²) in [4.78, 5) is 39.1. The highest BCUT2D eigenvalue weighted by atomic mass is 19.1. The number of aliphatic hydroxyl groups is 2. The first-order chi connectivity index (χ1) is 19.6. The smallest absolute Gasteiger partial charge is 0.414 e. The summed E-state index contributed by atoms with van der Waals surface area (Å²) >= 11 is 0. The molecule has 3 heterocycles. The number of carboxylic acids is 1. The number of benzene rings is 2. The third-order valence-corrected chi connectivity index (χ3v) is 7.75. The van der Waals surface area contributed by atoms with Crippen molar-refractivity contribution in [2.45, 2.75) is 37.0 Å². The lowest BCUT2D eigenvalue weighted by molar-refractivity contribution is 0.0133. The van der Waals surface area contributed by atoms with Crippen molar-refractivity contribution < 1.29 is 43.2 Å². The van der Waals surface area contributed by atoms with Gasteiger partial charge in [-0.2, -0.15) is 0 Å². The van der Waals surface area contributed by atoms with Gasteiger partial charge in [0.1, 0.15) is 29.7 Å². The lowest BCUT2D eigenvalue weighted by Crippen LogP contribution is -2.39. The monoisotopic (exact) mass is 571 g/mol. The van der Waals surface area contributed by atoms with E-state index in [1.165, 1.54) is 29.3 Å². The van der Waals surface area contributed by atoms with Gasteiger partial charge >= 0.3 is 12.1 Å². The van der Waals surface area contributed by atoms with E-state index in [4.69, 9.17) is 9.47 Å². The van der Waals surface area contributed by atoms with Crippen LogP contribution >= 0.6 is 0 Å². The van der Waals surface area contributed by atoms with Crippen molar-refractivity contribution >= 4 is 34.3 Å². The Balaban J connectivity index is 1.19. The molecule has 2 aliphatic heterocycles. The average Bonchev–Trinajstić information content (AvgIpc) is 3.60. The second kappa shape index (κ2) is 10.00. The molecule has 0 spiro atoms. The Morgan fingerprint density at radius 1 is 1.15 bits per heavy atom. The molecule has 3 aromatic rings. The van der Waals surface area contributed by atoms with Crippen LogP contribution in [0.3, 0.4) is 0 Å². The molecule has 11 nitrogen and oxygen atoms in total. The van der Waals surface area contributed by atoms with Crippen LogP contribution in [-0.2, 0) is 4.74 Å².